The molecule has 0 saturated carbocycles. The Bertz CT molecular complexity index is 591. The van der Waals surface area contributed by atoms with Crippen LogP contribution in [0.5, 0.6) is 6.01 Å². The largest absolute Gasteiger partial charge is 0.461 e. The predicted molar refractivity (Wildman–Crippen MR) is 79.9 cm³/mol. The Kier molecular flexibility index (Phi) is 4.57. The third kappa shape index (κ3) is 3.71. The highest BCUT2D eigenvalue weighted by Gasteiger charge is 2.09. The molecule has 2 aromatic rings. The Morgan fingerprint density at radius 1 is 1.10 bits per heavy atom. The summed E-state index contributed by atoms with van der Waals surface area (Å²) in [5.74, 6) is 0.790. The smallest absolute Gasteiger partial charge is 0.323 e. The Hall–Kier alpha value is -2.08. The van der Waals surface area contributed by atoms with E-state index in [0.29, 0.717) is 16.9 Å². The molecule has 0 aliphatic carbocycles. The molecule has 0 spiro atoms. The minimum Gasteiger partial charge on any atom is -0.461 e. The van der Waals surface area contributed by atoms with Crippen molar-refractivity contribution in [2.24, 2.45) is 0 Å². The van der Waals surface area contributed by atoms with Gasteiger partial charge >= 0.3 is 6.01 Å². The molecule has 106 valence electrons. The standard InChI is InChI=1S/C13H16ClN5O/c1-8(2)20-13-18-11(15-3)17-12(19-13)16-10-7-5-4-6-9(10)14/h4-8H,1-3H3,(H2,15,16,17,18,19). The average molecular weight is 294 g/mol. The van der Waals surface area contributed by atoms with Gasteiger partial charge in [0.1, 0.15) is 0 Å². The highest BCUT2D eigenvalue weighted by Crippen LogP contribution is 2.24. The van der Waals surface area contributed by atoms with E-state index in [1.165, 1.54) is 0 Å². The van der Waals surface area contributed by atoms with Crippen molar-refractivity contribution in [3.63, 3.8) is 0 Å². The fourth-order valence-electron chi connectivity index (χ4n) is 1.47. The lowest BCUT2D eigenvalue weighted by molar-refractivity contribution is 0.222. The zero-order chi connectivity index (χ0) is 14.5. The zero-order valence-electron chi connectivity index (χ0n) is 11.5. The third-order valence-corrected chi connectivity index (χ3v) is 2.63. The lowest BCUT2D eigenvalue weighted by Crippen LogP contribution is -2.11. The number of ether oxygens (including phenoxy) is 1. The van der Waals surface area contributed by atoms with Gasteiger partial charge in [0.05, 0.1) is 16.8 Å². The summed E-state index contributed by atoms with van der Waals surface area (Å²) in [4.78, 5) is 12.5. The van der Waals surface area contributed by atoms with Crippen molar-refractivity contribution in [3.05, 3.63) is 29.3 Å². The monoisotopic (exact) mass is 293 g/mol. The minimum absolute atomic E-state index is 0.0183. The van der Waals surface area contributed by atoms with Gasteiger partial charge in [-0.15, -0.1) is 0 Å². The second-order valence-electron chi connectivity index (χ2n) is 4.29. The molecule has 1 aromatic heterocycles. The molecule has 0 atom stereocenters. The van der Waals surface area contributed by atoms with Crippen molar-refractivity contribution in [2.45, 2.75) is 20.0 Å². The summed E-state index contributed by atoms with van der Waals surface area (Å²) in [6.45, 7) is 3.81. The molecule has 7 heteroatoms. The van der Waals surface area contributed by atoms with Crippen molar-refractivity contribution in [1.29, 1.82) is 0 Å². The van der Waals surface area contributed by atoms with Crippen LogP contribution < -0.4 is 15.4 Å². The normalized spacial score (nSPS) is 10.4. The number of nitrogens with one attached hydrogen (secondary N) is 2. The van der Waals surface area contributed by atoms with E-state index >= 15 is 0 Å². The number of anilines is 3. The van der Waals surface area contributed by atoms with Crippen LogP contribution in [0, 0.1) is 0 Å². The lowest BCUT2D eigenvalue weighted by Gasteiger charge is -2.11. The maximum Gasteiger partial charge on any atom is 0.323 e. The number of benzene rings is 1. The Morgan fingerprint density at radius 2 is 1.80 bits per heavy atom. The molecular formula is C13H16ClN5O. The summed E-state index contributed by atoms with van der Waals surface area (Å²) in [5.41, 5.74) is 0.720. The van der Waals surface area contributed by atoms with Gasteiger partial charge in [-0.2, -0.15) is 15.0 Å². The summed E-state index contributed by atoms with van der Waals surface area (Å²) in [5, 5.41) is 6.50. The van der Waals surface area contributed by atoms with Crippen molar-refractivity contribution < 1.29 is 4.74 Å². The summed E-state index contributed by atoms with van der Waals surface area (Å²) in [7, 11) is 1.73. The van der Waals surface area contributed by atoms with Crippen LogP contribution >= 0.6 is 11.6 Å². The summed E-state index contributed by atoms with van der Waals surface area (Å²) in [6, 6.07) is 7.62. The van der Waals surface area contributed by atoms with Gasteiger partial charge in [-0.3, -0.25) is 0 Å². The SMILES string of the molecule is CNc1nc(Nc2ccccc2Cl)nc(OC(C)C)n1. The quantitative estimate of drug-likeness (QED) is 0.882. The molecule has 0 unspecified atom stereocenters. The summed E-state index contributed by atoms with van der Waals surface area (Å²) in [6.07, 6.45) is -0.0183. The van der Waals surface area contributed by atoms with Gasteiger partial charge in [0.15, 0.2) is 0 Å². The van der Waals surface area contributed by atoms with Gasteiger partial charge in [-0.25, -0.2) is 0 Å². The predicted octanol–water partition coefficient (Wildman–Crippen LogP) is 3.10. The molecule has 0 saturated heterocycles. The molecule has 6 nitrogen and oxygen atoms in total. The Morgan fingerprint density at radius 3 is 2.45 bits per heavy atom. The number of para-hydroxylation sites is 1. The zero-order valence-corrected chi connectivity index (χ0v) is 12.3. The van der Waals surface area contributed by atoms with E-state index in [4.69, 9.17) is 16.3 Å². The van der Waals surface area contributed by atoms with Crippen LogP contribution in [0.4, 0.5) is 17.6 Å². The van der Waals surface area contributed by atoms with E-state index in [-0.39, 0.29) is 12.1 Å². The van der Waals surface area contributed by atoms with E-state index in [9.17, 15) is 0 Å². The third-order valence-electron chi connectivity index (χ3n) is 2.30. The highest BCUT2D eigenvalue weighted by atomic mass is 35.5. The van der Waals surface area contributed by atoms with Gasteiger partial charge in [-0.05, 0) is 26.0 Å². The van der Waals surface area contributed by atoms with Gasteiger partial charge in [-0.1, -0.05) is 23.7 Å². The Balaban J connectivity index is 2.29. The average Bonchev–Trinajstić information content (AvgIpc) is 2.40. The number of rotatable bonds is 5. The number of hydrogen-bond donors (Lipinski definition) is 2. The van der Waals surface area contributed by atoms with Gasteiger partial charge in [0.25, 0.3) is 0 Å². The van der Waals surface area contributed by atoms with Crippen LogP contribution in [0.3, 0.4) is 0 Å². The molecule has 0 aliphatic rings. The van der Waals surface area contributed by atoms with Gasteiger partial charge in [0, 0.05) is 7.05 Å². The topological polar surface area (TPSA) is 72.0 Å². The van der Waals surface area contributed by atoms with Gasteiger partial charge in [0.2, 0.25) is 11.9 Å². The molecule has 2 rings (SSSR count). The number of halogens is 1. The van der Waals surface area contributed by atoms with Crippen LogP contribution in [0.2, 0.25) is 5.02 Å². The van der Waals surface area contributed by atoms with Crippen LogP contribution in [0.15, 0.2) is 24.3 Å². The van der Waals surface area contributed by atoms with Crippen LogP contribution in [0.1, 0.15) is 13.8 Å². The van der Waals surface area contributed by atoms with Crippen molar-refractivity contribution >= 4 is 29.2 Å². The molecule has 0 amide bonds. The Labute approximate surface area is 122 Å². The van der Waals surface area contributed by atoms with E-state index in [1.54, 1.807) is 13.1 Å². The van der Waals surface area contributed by atoms with Gasteiger partial charge < -0.3 is 15.4 Å². The fourth-order valence-corrected chi connectivity index (χ4v) is 1.65. The fraction of sp³-hybridized carbons (Fsp3) is 0.308. The summed E-state index contributed by atoms with van der Waals surface area (Å²) >= 11 is 6.09. The molecular weight excluding hydrogens is 278 g/mol. The molecule has 20 heavy (non-hydrogen) atoms. The van der Waals surface area contributed by atoms with E-state index < -0.39 is 0 Å². The van der Waals surface area contributed by atoms with Crippen LogP contribution in [-0.4, -0.2) is 28.1 Å². The molecule has 0 aliphatic heterocycles. The second-order valence-corrected chi connectivity index (χ2v) is 4.69. The van der Waals surface area contributed by atoms with Crippen molar-refractivity contribution in [1.82, 2.24) is 15.0 Å². The first-order valence-corrected chi connectivity index (χ1v) is 6.58. The summed E-state index contributed by atoms with van der Waals surface area (Å²) < 4.78 is 5.49. The molecule has 0 fully saturated rings. The number of hydrogen-bond acceptors (Lipinski definition) is 6. The first kappa shape index (κ1) is 14.3. The maximum absolute atomic E-state index is 6.09. The molecule has 1 aromatic carbocycles. The van der Waals surface area contributed by atoms with Crippen LogP contribution in [-0.2, 0) is 0 Å². The minimum atomic E-state index is -0.0183. The second kappa shape index (κ2) is 6.38. The van der Waals surface area contributed by atoms with E-state index in [1.807, 2.05) is 32.0 Å². The molecule has 2 N–H and O–H groups in total. The van der Waals surface area contributed by atoms with Crippen molar-refractivity contribution in [3.8, 4) is 6.01 Å². The highest BCUT2D eigenvalue weighted by molar-refractivity contribution is 6.33. The van der Waals surface area contributed by atoms with E-state index in [0.717, 1.165) is 5.69 Å². The number of aromatic nitrogens is 3. The van der Waals surface area contributed by atoms with E-state index in [2.05, 4.69) is 25.6 Å². The first-order chi connectivity index (χ1) is 9.58. The lowest BCUT2D eigenvalue weighted by atomic mass is 10.3. The number of nitrogens with zero attached hydrogens (tertiary/aromatic N) is 3. The first-order valence-electron chi connectivity index (χ1n) is 6.20. The maximum atomic E-state index is 6.09. The molecule has 0 radical (unpaired) electrons. The molecule has 1 heterocycles. The molecule has 0 bridgehead atoms. The van der Waals surface area contributed by atoms with Crippen LogP contribution in [0.25, 0.3) is 0 Å². The van der Waals surface area contributed by atoms with Crippen molar-refractivity contribution in [2.75, 3.05) is 17.7 Å².